The van der Waals surface area contributed by atoms with E-state index in [4.69, 9.17) is 0 Å². The number of hydrogen-bond acceptors (Lipinski definition) is 2. The molecule has 0 radical (unpaired) electrons. The Bertz CT molecular complexity index is 298. The van der Waals surface area contributed by atoms with Crippen LogP contribution in [-0.2, 0) is 12.6 Å². The molecule has 1 unspecified atom stereocenters. The van der Waals surface area contributed by atoms with Gasteiger partial charge < -0.3 is 5.11 Å². The smallest absolute Gasteiger partial charge is 0.105 e. The van der Waals surface area contributed by atoms with Gasteiger partial charge >= 0.3 is 0 Å². The molecule has 3 nitrogen and oxygen atoms in total. The number of hydrogen-bond donors (Lipinski definition) is 1. The molecule has 1 aromatic heterocycles. The second kappa shape index (κ2) is 4.03. The summed E-state index contributed by atoms with van der Waals surface area (Å²) in [6.07, 6.45) is 2.44. The van der Waals surface area contributed by atoms with Gasteiger partial charge in [-0.1, -0.05) is 13.8 Å². The molecule has 0 amide bonds. The topological polar surface area (TPSA) is 38.1 Å². The normalized spacial score (nSPS) is 15.9. The molecule has 80 valence electrons. The highest BCUT2D eigenvalue weighted by Gasteiger charge is 2.29. The van der Waals surface area contributed by atoms with Gasteiger partial charge in [-0.2, -0.15) is 5.10 Å². The lowest BCUT2D eigenvalue weighted by atomic mass is 9.91. The van der Waals surface area contributed by atoms with Gasteiger partial charge in [-0.05, 0) is 35.2 Å². The highest BCUT2D eigenvalue weighted by molar-refractivity contribution is 9.10. The first-order chi connectivity index (χ1) is 6.34. The van der Waals surface area contributed by atoms with Gasteiger partial charge in [0.25, 0.3) is 0 Å². The van der Waals surface area contributed by atoms with Gasteiger partial charge in [0.1, 0.15) is 5.60 Å². The van der Waals surface area contributed by atoms with Crippen molar-refractivity contribution in [3.63, 3.8) is 0 Å². The fourth-order valence-electron chi connectivity index (χ4n) is 1.91. The van der Waals surface area contributed by atoms with E-state index < -0.39 is 5.60 Å². The summed E-state index contributed by atoms with van der Waals surface area (Å²) in [5, 5.41) is 14.4. The SMILES string of the molecule is CC(C)CC(C)(O)c1c(Br)cnn1C. The van der Waals surface area contributed by atoms with E-state index in [0.29, 0.717) is 5.92 Å². The molecule has 0 aliphatic rings. The first kappa shape index (κ1) is 11.7. The van der Waals surface area contributed by atoms with Crippen LogP contribution in [0.3, 0.4) is 0 Å². The molecular formula is C10H17BrN2O. The van der Waals surface area contributed by atoms with Gasteiger partial charge in [0, 0.05) is 7.05 Å². The van der Waals surface area contributed by atoms with Crippen LogP contribution in [0.4, 0.5) is 0 Å². The Kier molecular flexibility index (Phi) is 3.37. The van der Waals surface area contributed by atoms with Crippen molar-refractivity contribution in [2.24, 2.45) is 13.0 Å². The van der Waals surface area contributed by atoms with E-state index in [1.807, 2.05) is 14.0 Å². The van der Waals surface area contributed by atoms with Crippen LogP contribution in [0.2, 0.25) is 0 Å². The lowest BCUT2D eigenvalue weighted by Crippen LogP contribution is -2.27. The largest absolute Gasteiger partial charge is 0.384 e. The van der Waals surface area contributed by atoms with Crippen LogP contribution in [0.25, 0.3) is 0 Å². The first-order valence-electron chi connectivity index (χ1n) is 4.75. The maximum atomic E-state index is 10.3. The Morgan fingerprint density at radius 1 is 1.64 bits per heavy atom. The van der Waals surface area contributed by atoms with Crippen molar-refractivity contribution in [2.45, 2.75) is 32.8 Å². The Balaban J connectivity index is 3.02. The van der Waals surface area contributed by atoms with Crippen LogP contribution in [0.5, 0.6) is 0 Å². The molecule has 0 aromatic carbocycles. The molecule has 1 N–H and O–H groups in total. The van der Waals surface area contributed by atoms with Crippen molar-refractivity contribution in [3.8, 4) is 0 Å². The lowest BCUT2D eigenvalue weighted by molar-refractivity contribution is 0.0262. The van der Waals surface area contributed by atoms with E-state index in [0.717, 1.165) is 16.6 Å². The van der Waals surface area contributed by atoms with Crippen molar-refractivity contribution < 1.29 is 5.11 Å². The standard InChI is InChI=1S/C10H17BrN2O/c1-7(2)5-10(3,14)9-8(11)6-12-13(9)4/h6-7,14H,5H2,1-4H3. The summed E-state index contributed by atoms with van der Waals surface area (Å²) in [6.45, 7) is 6.02. The van der Waals surface area contributed by atoms with E-state index in [9.17, 15) is 5.11 Å². The number of halogens is 1. The molecule has 0 saturated heterocycles. The highest BCUT2D eigenvalue weighted by atomic mass is 79.9. The number of aliphatic hydroxyl groups is 1. The third-order valence-corrected chi connectivity index (χ3v) is 2.79. The highest BCUT2D eigenvalue weighted by Crippen LogP contribution is 2.32. The Labute approximate surface area is 93.3 Å². The third-order valence-electron chi connectivity index (χ3n) is 2.21. The quantitative estimate of drug-likeness (QED) is 0.907. The molecule has 14 heavy (non-hydrogen) atoms. The van der Waals surface area contributed by atoms with Crippen LogP contribution >= 0.6 is 15.9 Å². The fraction of sp³-hybridized carbons (Fsp3) is 0.700. The molecule has 1 rings (SSSR count). The molecular weight excluding hydrogens is 244 g/mol. The zero-order valence-corrected chi connectivity index (χ0v) is 10.7. The van der Waals surface area contributed by atoms with Gasteiger partial charge in [-0.25, -0.2) is 0 Å². The van der Waals surface area contributed by atoms with E-state index in [1.54, 1.807) is 10.9 Å². The van der Waals surface area contributed by atoms with Crippen molar-refractivity contribution >= 4 is 15.9 Å². The molecule has 1 aromatic rings. The minimum atomic E-state index is -0.821. The second-order valence-corrected chi connectivity index (χ2v) is 5.19. The van der Waals surface area contributed by atoms with Gasteiger partial charge in [-0.15, -0.1) is 0 Å². The first-order valence-corrected chi connectivity index (χ1v) is 5.54. The summed E-state index contributed by atoms with van der Waals surface area (Å²) in [6, 6.07) is 0. The lowest BCUT2D eigenvalue weighted by Gasteiger charge is -2.26. The number of aryl methyl sites for hydroxylation is 1. The van der Waals surface area contributed by atoms with Gasteiger partial charge in [0.05, 0.1) is 16.4 Å². The van der Waals surface area contributed by atoms with Crippen LogP contribution in [0.1, 0.15) is 32.9 Å². The molecule has 1 atom stereocenters. The van der Waals surface area contributed by atoms with E-state index in [2.05, 4.69) is 34.9 Å². The molecule has 4 heteroatoms. The van der Waals surface area contributed by atoms with Crippen LogP contribution in [0.15, 0.2) is 10.7 Å². The Hall–Kier alpha value is -0.350. The zero-order chi connectivity index (χ0) is 10.9. The maximum Gasteiger partial charge on any atom is 0.105 e. The molecule has 1 heterocycles. The Morgan fingerprint density at radius 3 is 2.57 bits per heavy atom. The average molecular weight is 261 g/mol. The zero-order valence-electron chi connectivity index (χ0n) is 9.08. The third kappa shape index (κ3) is 2.36. The monoisotopic (exact) mass is 260 g/mol. The van der Waals surface area contributed by atoms with Crippen molar-refractivity contribution in [1.82, 2.24) is 9.78 Å². The van der Waals surface area contributed by atoms with Crippen LogP contribution < -0.4 is 0 Å². The number of aromatic nitrogens is 2. The van der Waals surface area contributed by atoms with Crippen molar-refractivity contribution in [1.29, 1.82) is 0 Å². The minimum absolute atomic E-state index is 0.451. The van der Waals surface area contributed by atoms with E-state index in [-0.39, 0.29) is 0 Å². The predicted molar refractivity (Wildman–Crippen MR) is 59.9 cm³/mol. The predicted octanol–water partition coefficient (Wildman–Crippen LogP) is 2.44. The summed E-state index contributed by atoms with van der Waals surface area (Å²) >= 11 is 3.40. The Morgan fingerprint density at radius 2 is 2.21 bits per heavy atom. The van der Waals surface area contributed by atoms with Gasteiger partial charge in [0.15, 0.2) is 0 Å². The van der Waals surface area contributed by atoms with Crippen molar-refractivity contribution in [2.75, 3.05) is 0 Å². The molecule has 0 aliphatic heterocycles. The summed E-state index contributed by atoms with van der Waals surface area (Å²) < 4.78 is 2.58. The second-order valence-electron chi connectivity index (χ2n) is 4.34. The molecule has 0 bridgehead atoms. The summed E-state index contributed by atoms with van der Waals surface area (Å²) in [5.74, 6) is 0.451. The molecule has 0 saturated carbocycles. The van der Waals surface area contributed by atoms with Crippen molar-refractivity contribution in [3.05, 3.63) is 16.4 Å². The molecule has 0 fully saturated rings. The molecule has 0 spiro atoms. The van der Waals surface area contributed by atoms with Crippen LogP contribution in [-0.4, -0.2) is 14.9 Å². The van der Waals surface area contributed by atoms with Crippen LogP contribution in [0, 0.1) is 5.92 Å². The molecule has 0 aliphatic carbocycles. The number of nitrogens with zero attached hydrogens (tertiary/aromatic N) is 2. The maximum absolute atomic E-state index is 10.3. The summed E-state index contributed by atoms with van der Waals surface area (Å²) in [4.78, 5) is 0. The average Bonchev–Trinajstić information content (AvgIpc) is 2.27. The minimum Gasteiger partial charge on any atom is -0.384 e. The summed E-state index contributed by atoms with van der Waals surface area (Å²) in [7, 11) is 1.84. The fourth-order valence-corrected chi connectivity index (χ4v) is 2.68. The van der Waals surface area contributed by atoms with E-state index in [1.165, 1.54) is 0 Å². The number of rotatable bonds is 3. The summed E-state index contributed by atoms with van der Waals surface area (Å²) in [5.41, 5.74) is 0.0179. The van der Waals surface area contributed by atoms with Gasteiger partial charge in [0.2, 0.25) is 0 Å². The van der Waals surface area contributed by atoms with E-state index >= 15 is 0 Å². The van der Waals surface area contributed by atoms with Gasteiger partial charge in [-0.3, -0.25) is 4.68 Å².